The van der Waals surface area contributed by atoms with Crippen LogP contribution >= 0.6 is 0 Å². The minimum absolute atomic E-state index is 0.0370. The molecule has 4 aromatic rings. The largest absolute Gasteiger partial charge is 0.423 e. The summed E-state index contributed by atoms with van der Waals surface area (Å²) in [6.07, 6.45) is -2.51. The molecule has 12 heteroatoms. The number of pyridine rings is 1. The number of alkyl halides is 3. The van der Waals surface area contributed by atoms with E-state index >= 15 is 0 Å². The molecule has 1 aliphatic heterocycles. The number of sulfonamides is 1. The maximum absolute atomic E-state index is 13.3. The fourth-order valence-electron chi connectivity index (χ4n) is 4.09. The third kappa shape index (κ3) is 3.89. The number of benzene rings is 1. The molecule has 5 rings (SSSR count). The van der Waals surface area contributed by atoms with Gasteiger partial charge in [-0.15, -0.1) is 10.2 Å². The monoisotopic (exact) mass is 478 g/mol. The Morgan fingerprint density at radius 3 is 2.67 bits per heavy atom. The van der Waals surface area contributed by atoms with Crippen LogP contribution < -0.4 is 5.63 Å². The molecule has 0 unspecified atom stereocenters. The normalized spacial score (nSPS) is 18.2. The summed E-state index contributed by atoms with van der Waals surface area (Å²) in [4.78, 5) is 11.4. The Bertz CT molecular complexity index is 1530. The van der Waals surface area contributed by atoms with Crippen molar-refractivity contribution in [2.24, 2.45) is 0 Å². The lowest BCUT2D eigenvalue weighted by Crippen LogP contribution is -2.39. The minimum atomic E-state index is -4.52. The second-order valence-electron chi connectivity index (χ2n) is 7.86. The van der Waals surface area contributed by atoms with Gasteiger partial charge in [0.15, 0.2) is 5.65 Å². The lowest BCUT2D eigenvalue weighted by Gasteiger charge is -2.31. The van der Waals surface area contributed by atoms with Gasteiger partial charge in [0.2, 0.25) is 10.0 Å². The first-order valence-corrected chi connectivity index (χ1v) is 11.5. The van der Waals surface area contributed by atoms with E-state index in [2.05, 4.69) is 10.2 Å². The van der Waals surface area contributed by atoms with E-state index in [0.29, 0.717) is 18.2 Å². The number of piperidine rings is 1. The second-order valence-corrected chi connectivity index (χ2v) is 9.80. The van der Waals surface area contributed by atoms with Crippen molar-refractivity contribution in [3.05, 3.63) is 70.5 Å². The molecule has 1 saturated heterocycles. The van der Waals surface area contributed by atoms with Crippen molar-refractivity contribution >= 4 is 26.6 Å². The van der Waals surface area contributed by atoms with Gasteiger partial charge in [0.25, 0.3) is 0 Å². The van der Waals surface area contributed by atoms with Crippen LogP contribution in [0.15, 0.2) is 62.8 Å². The zero-order valence-electron chi connectivity index (χ0n) is 17.0. The Morgan fingerprint density at radius 2 is 1.88 bits per heavy atom. The molecule has 1 aliphatic rings. The number of hydrogen-bond acceptors (Lipinski definition) is 6. The Kier molecular flexibility index (Phi) is 5.01. The average Bonchev–Trinajstić information content (AvgIpc) is 3.21. The highest BCUT2D eigenvalue weighted by Gasteiger charge is 2.35. The predicted octanol–water partition coefficient (Wildman–Crippen LogP) is 3.42. The van der Waals surface area contributed by atoms with Gasteiger partial charge in [0.1, 0.15) is 11.4 Å². The lowest BCUT2D eigenvalue weighted by atomic mass is 9.99. The van der Waals surface area contributed by atoms with Crippen LogP contribution in [-0.2, 0) is 16.2 Å². The van der Waals surface area contributed by atoms with Gasteiger partial charge >= 0.3 is 11.8 Å². The van der Waals surface area contributed by atoms with E-state index in [4.69, 9.17) is 4.42 Å². The van der Waals surface area contributed by atoms with Crippen LogP contribution in [-0.4, -0.2) is 40.4 Å². The molecule has 0 amide bonds. The van der Waals surface area contributed by atoms with Gasteiger partial charge in [-0.25, -0.2) is 13.2 Å². The molecule has 0 saturated carbocycles. The van der Waals surface area contributed by atoms with Gasteiger partial charge in [-0.1, -0.05) is 0 Å². The summed E-state index contributed by atoms with van der Waals surface area (Å²) in [5, 5.41) is 8.47. The molecular weight excluding hydrogens is 461 g/mol. The number of rotatable bonds is 3. The van der Waals surface area contributed by atoms with Crippen molar-refractivity contribution < 1.29 is 26.0 Å². The number of hydrogen-bond donors (Lipinski definition) is 0. The Labute approximate surface area is 185 Å². The molecule has 1 fully saturated rings. The number of nitrogens with zero attached hydrogens (tertiary/aromatic N) is 4. The standard InChI is InChI=1S/C21H17F3N4O4S/c22-21(23,24)15-4-7-18-25-26-20(28(18)12-15)14-2-1-9-27(11-14)33(30,31)16-5-6-17-13(10-16)3-8-19(29)32-17/h3-8,10,12,14H,1-2,9,11H2/t14-/m1/s1. The second kappa shape index (κ2) is 7.66. The fraction of sp³-hybridized carbons (Fsp3) is 0.286. The molecule has 0 aliphatic carbocycles. The maximum atomic E-state index is 13.3. The lowest BCUT2D eigenvalue weighted by molar-refractivity contribution is -0.137. The average molecular weight is 478 g/mol. The Hall–Kier alpha value is -3.25. The molecule has 0 bridgehead atoms. The van der Waals surface area contributed by atoms with E-state index in [1.54, 1.807) is 0 Å². The zero-order chi connectivity index (χ0) is 23.4. The molecule has 4 heterocycles. The molecular formula is C21H17F3N4O4S. The number of aromatic nitrogens is 3. The van der Waals surface area contributed by atoms with Crippen molar-refractivity contribution in [2.45, 2.75) is 29.8 Å². The Morgan fingerprint density at radius 1 is 1.06 bits per heavy atom. The highest BCUT2D eigenvalue weighted by molar-refractivity contribution is 7.89. The predicted molar refractivity (Wildman–Crippen MR) is 111 cm³/mol. The summed E-state index contributed by atoms with van der Waals surface area (Å²) in [5.74, 6) is -0.137. The topological polar surface area (TPSA) is 97.8 Å². The van der Waals surface area contributed by atoms with Gasteiger partial charge in [-0.3, -0.25) is 4.40 Å². The van der Waals surface area contributed by atoms with Crippen LogP contribution in [0.5, 0.6) is 0 Å². The summed E-state index contributed by atoms with van der Waals surface area (Å²) in [6.45, 7) is 0.326. The smallest absolute Gasteiger partial charge is 0.417 e. The van der Waals surface area contributed by atoms with Crippen LogP contribution in [0.25, 0.3) is 16.6 Å². The van der Waals surface area contributed by atoms with Crippen LogP contribution in [0.3, 0.4) is 0 Å². The van der Waals surface area contributed by atoms with Crippen LogP contribution in [0.4, 0.5) is 13.2 Å². The number of fused-ring (bicyclic) bond motifs is 2. The summed E-state index contributed by atoms with van der Waals surface area (Å²) < 4.78 is 73.8. The molecule has 8 nitrogen and oxygen atoms in total. The first-order chi connectivity index (χ1) is 15.6. The van der Waals surface area contributed by atoms with Gasteiger partial charge < -0.3 is 4.42 Å². The van der Waals surface area contributed by atoms with Crippen molar-refractivity contribution in [3.8, 4) is 0 Å². The van der Waals surface area contributed by atoms with Gasteiger partial charge in [-0.05, 0) is 49.2 Å². The molecule has 3 aromatic heterocycles. The van der Waals surface area contributed by atoms with Crippen molar-refractivity contribution in [2.75, 3.05) is 13.1 Å². The van der Waals surface area contributed by atoms with E-state index < -0.39 is 33.3 Å². The SMILES string of the molecule is O=c1ccc2cc(S(=O)(=O)N3CCC[C@@H](c4nnc5ccc(C(F)(F)F)cn45)C3)ccc2o1. The van der Waals surface area contributed by atoms with E-state index in [1.165, 1.54) is 45.1 Å². The van der Waals surface area contributed by atoms with Crippen molar-refractivity contribution in [3.63, 3.8) is 0 Å². The van der Waals surface area contributed by atoms with Gasteiger partial charge in [-0.2, -0.15) is 17.5 Å². The zero-order valence-corrected chi connectivity index (χ0v) is 17.8. The summed E-state index contributed by atoms with van der Waals surface area (Å²) in [5.41, 5.74) is -0.840. The van der Waals surface area contributed by atoms with E-state index in [-0.39, 0.29) is 35.0 Å². The van der Waals surface area contributed by atoms with E-state index in [9.17, 15) is 26.4 Å². The minimum Gasteiger partial charge on any atom is -0.423 e. The summed E-state index contributed by atoms with van der Waals surface area (Å²) in [7, 11) is -3.90. The first kappa shape index (κ1) is 21.6. The van der Waals surface area contributed by atoms with Crippen molar-refractivity contribution in [1.82, 2.24) is 18.9 Å². The quantitative estimate of drug-likeness (QED) is 0.419. The number of halogens is 3. The summed E-state index contributed by atoms with van der Waals surface area (Å²) >= 11 is 0. The van der Waals surface area contributed by atoms with E-state index in [1.807, 2.05) is 0 Å². The van der Waals surface area contributed by atoms with Gasteiger partial charge in [0.05, 0.1) is 10.5 Å². The highest BCUT2D eigenvalue weighted by atomic mass is 32.2. The summed E-state index contributed by atoms with van der Waals surface area (Å²) in [6, 6.07) is 9.10. The molecule has 1 atom stereocenters. The van der Waals surface area contributed by atoms with E-state index in [0.717, 1.165) is 12.3 Å². The third-order valence-corrected chi connectivity index (χ3v) is 7.59. The van der Waals surface area contributed by atoms with Crippen LogP contribution in [0.1, 0.15) is 30.1 Å². The van der Waals surface area contributed by atoms with Crippen LogP contribution in [0.2, 0.25) is 0 Å². The fourth-order valence-corrected chi connectivity index (χ4v) is 5.65. The first-order valence-electron chi connectivity index (χ1n) is 10.1. The Balaban J connectivity index is 1.47. The molecule has 0 spiro atoms. The molecule has 0 N–H and O–H groups in total. The molecule has 0 radical (unpaired) electrons. The maximum Gasteiger partial charge on any atom is 0.417 e. The molecule has 1 aromatic carbocycles. The third-order valence-electron chi connectivity index (χ3n) is 5.73. The van der Waals surface area contributed by atoms with Crippen LogP contribution in [0, 0.1) is 0 Å². The van der Waals surface area contributed by atoms with Crippen molar-refractivity contribution in [1.29, 1.82) is 0 Å². The molecule has 33 heavy (non-hydrogen) atoms. The molecule has 172 valence electrons. The van der Waals surface area contributed by atoms with Gasteiger partial charge in [0, 0.05) is 36.7 Å². The highest BCUT2D eigenvalue weighted by Crippen LogP contribution is 2.33.